The fraction of sp³-hybridized carbons (Fsp3) is 0.267. The molecule has 3 aromatic rings. The van der Waals surface area contributed by atoms with E-state index < -0.39 is 0 Å². The second kappa shape index (κ2) is 4.43. The fourth-order valence-electron chi connectivity index (χ4n) is 2.67. The first-order chi connectivity index (χ1) is 9.51. The van der Waals surface area contributed by atoms with Gasteiger partial charge in [0, 0.05) is 5.56 Å². The molecule has 0 radical (unpaired) electrons. The molecule has 0 aliphatic carbocycles. The summed E-state index contributed by atoms with van der Waals surface area (Å²) in [6.07, 6.45) is 0. The van der Waals surface area contributed by atoms with E-state index >= 15 is 0 Å². The summed E-state index contributed by atoms with van der Waals surface area (Å²) in [6.45, 7) is 8.11. The van der Waals surface area contributed by atoms with Gasteiger partial charge in [-0.05, 0) is 38.8 Å². The van der Waals surface area contributed by atoms with Crippen LogP contribution in [0.5, 0.6) is 0 Å². The van der Waals surface area contributed by atoms with Crippen LogP contribution < -0.4 is 0 Å². The van der Waals surface area contributed by atoms with E-state index in [1.165, 1.54) is 16.9 Å². The van der Waals surface area contributed by atoms with Crippen molar-refractivity contribution in [2.24, 2.45) is 0 Å². The van der Waals surface area contributed by atoms with Gasteiger partial charge in [-0.25, -0.2) is 4.98 Å². The van der Waals surface area contributed by atoms with Crippen molar-refractivity contribution < 1.29 is 0 Å². The highest BCUT2D eigenvalue weighted by molar-refractivity contribution is 7.16. The Morgan fingerprint density at radius 2 is 1.80 bits per heavy atom. The molecule has 2 heterocycles. The number of nitrogens with zero attached hydrogens (tertiary/aromatic N) is 4. The van der Waals surface area contributed by atoms with Gasteiger partial charge in [-0.2, -0.15) is 14.9 Å². The maximum atomic E-state index is 9.47. The summed E-state index contributed by atoms with van der Waals surface area (Å²) in [6, 6.07) is 6.49. The molecule has 4 nitrogen and oxygen atoms in total. The standard InChI is InChI=1S/C15H14N4S/c1-8-5-9(2)13(10(3)6-8)14-12(7-16)19-15(17-14)20-11(4)18-19/h5-6H,1-4H3. The van der Waals surface area contributed by atoms with Crippen LogP contribution >= 0.6 is 11.3 Å². The molecule has 0 N–H and O–H groups in total. The van der Waals surface area contributed by atoms with Gasteiger partial charge in [-0.3, -0.25) is 0 Å². The fourth-order valence-corrected chi connectivity index (χ4v) is 3.41. The maximum absolute atomic E-state index is 9.47. The first kappa shape index (κ1) is 12.8. The van der Waals surface area contributed by atoms with E-state index in [0.717, 1.165) is 32.4 Å². The summed E-state index contributed by atoms with van der Waals surface area (Å²) in [5, 5.41) is 14.7. The Labute approximate surface area is 121 Å². The molecule has 5 heteroatoms. The lowest BCUT2D eigenvalue weighted by molar-refractivity contribution is 0.931. The van der Waals surface area contributed by atoms with Crippen molar-refractivity contribution in [3.63, 3.8) is 0 Å². The maximum Gasteiger partial charge on any atom is 0.213 e. The third-order valence-corrected chi connectivity index (χ3v) is 4.15. The molecule has 0 unspecified atom stereocenters. The molecule has 20 heavy (non-hydrogen) atoms. The van der Waals surface area contributed by atoms with Gasteiger partial charge in [-0.1, -0.05) is 29.0 Å². The Morgan fingerprint density at radius 3 is 2.40 bits per heavy atom. The molecule has 0 amide bonds. The summed E-state index contributed by atoms with van der Waals surface area (Å²) in [5.41, 5.74) is 5.79. The highest BCUT2D eigenvalue weighted by Gasteiger charge is 2.19. The van der Waals surface area contributed by atoms with E-state index in [1.54, 1.807) is 4.52 Å². The molecule has 2 aromatic heterocycles. The topological polar surface area (TPSA) is 54.0 Å². The average molecular weight is 282 g/mol. The highest BCUT2D eigenvalue weighted by Crippen LogP contribution is 2.31. The number of benzene rings is 1. The van der Waals surface area contributed by atoms with Gasteiger partial charge in [0.1, 0.15) is 16.8 Å². The van der Waals surface area contributed by atoms with Crippen LogP contribution in [0.15, 0.2) is 12.1 Å². The van der Waals surface area contributed by atoms with Gasteiger partial charge in [0.15, 0.2) is 5.69 Å². The Morgan fingerprint density at radius 1 is 1.15 bits per heavy atom. The second-order valence-electron chi connectivity index (χ2n) is 5.01. The molecular weight excluding hydrogens is 268 g/mol. The molecule has 0 fully saturated rings. The molecule has 0 saturated carbocycles. The number of aryl methyl sites for hydroxylation is 4. The zero-order valence-electron chi connectivity index (χ0n) is 11.9. The van der Waals surface area contributed by atoms with E-state index in [4.69, 9.17) is 0 Å². The second-order valence-corrected chi connectivity index (χ2v) is 6.17. The average Bonchev–Trinajstić information content (AvgIpc) is 2.83. The summed E-state index contributed by atoms with van der Waals surface area (Å²) in [5.74, 6) is 0. The molecule has 0 bridgehead atoms. The minimum absolute atomic E-state index is 0.513. The number of rotatable bonds is 1. The van der Waals surface area contributed by atoms with Gasteiger partial charge in [-0.15, -0.1) is 0 Å². The predicted octanol–water partition coefficient (Wildman–Crippen LogP) is 3.56. The smallest absolute Gasteiger partial charge is 0.213 e. The lowest BCUT2D eigenvalue weighted by Gasteiger charge is -2.09. The van der Waals surface area contributed by atoms with E-state index in [-0.39, 0.29) is 0 Å². The predicted molar refractivity (Wildman–Crippen MR) is 80.0 cm³/mol. The van der Waals surface area contributed by atoms with Crippen LogP contribution in [0.4, 0.5) is 0 Å². The van der Waals surface area contributed by atoms with E-state index in [1.807, 2.05) is 6.92 Å². The van der Waals surface area contributed by atoms with Gasteiger partial charge in [0.25, 0.3) is 0 Å². The number of hydrogen-bond donors (Lipinski definition) is 0. The van der Waals surface area contributed by atoms with Crippen molar-refractivity contribution in [2.45, 2.75) is 27.7 Å². The molecule has 0 saturated heterocycles. The first-order valence-electron chi connectivity index (χ1n) is 6.35. The zero-order valence-corrected chi connectivity index (χ0v) is 12.7. The Kier molecular flexibility index (Phi) is 2.84. The molecule has 0 aliphatic rings. The molecule has 0 atom stereocenters. The summed E-state index contributed by atoms with van der Waals surface area (Å²) >= 11 is 1.50. The normalized spacial score (nSPS) is 10.9. The van der Waals surface area contributed by atoms with Crippen molar-refractivity contribution in [1.82, 2.24) is 14.6 Å². The monoisotopic (exact) mass is 282 g/mol. The third-order valence-electron chi connectivity index (χ3n) is 3.32. The lowest BCUT2D eigenvalue weighted by atomic mass is 9.96. The van der Waals surface area contributed by atoms with Gasteiger partial charge < -0.3 is 0 Å². The minimum Gasteiger partial charge on any atom is -0.216 e. The van der Waals surface area contributed by atoms with Crippen LogP contribution in [0, 0.1) is 39.0 Å². The van der Waals surface area contributed by atoms with Crippen LogP contribution in [0.1, 0.15) is 27.4 Å². The van der Waals surface area contributed by atoms with Crippen molar-refractivity contribution in [2.75, 3.05) is 0 Å². The Balaban J connectivity index is 2.36. The molecular formula is C15H14N4S. The van der Waals surface area contributed by atoms with Gasteiger partial charge in [0.05, 0.1) is 0 Å². The summed E-state index contributed by atoms with van der Waals surface area (Å²) < 4.78 is 1.65. The molecule has 3 rings (SSSR count). The lowest BCUT2D eigenvalue weighted by Crippen LogP contribution is -1.95. The Bertz CT molecular complexity index is 841. The molecule has 0 aliphatic heterocycles. The molecule has 1 aromatic carbocycles. The SMILES string of the molecule is Cc1cc(C)c(-c2nc3sc(C)nn3c2C#N)c(C)c1. The molecule has 0 spiro atoms. The number of imidazole rings is 1. The van der Waals surface area contributed by atoms with Crippen LogP contribution in [0.3, 0.4) is 0 Å². The van der Waals surface area contributed by atoms with Crippen molar-refractivity contribution in [3.05, 3.63) is 39.5 Å². The summed E-state index contributed by atoms with van der Waals surface area (Å²) in [7, 11) is 0. The van der Waals surface area contributed by atoms with Crippen molar-refractivity contribution in [1.29, 1.82) is 5.26 Å². The largest absolute Gasteiger partial charge is 0.216 e. The summed E-state index contributed by atoms with van der Waals surface area (Å²) in [4.78, 5) is 5.39. The van der Waals surface area contributed by atoms with Gasteiger partial charge >= 0.3 is 0 Å². The number of fused-ring (bicyclic) bond motifs is 1. The number of aromatic nitrogens is 3. The number of hydrogen-bond acceptors (Lipinski definition) is 4. The van der Waals surface area contributed by atoms with E-state index in [2.05, 4.69) is 49.1 Å². The van der Waals surface area contributed by atoms with Crippen LogP contribution in [0.2, 0.25) is 0 Å². The van der Waals surface area contributed by atoms with Crippen LogP contribution in [0.25, 0.3) is 16.2 Å². The highest BCUT2D eigenvalue weighted by atomic mass is 32.1. The van der Waals surface area contributed by atoms with Crippen LogP contribution in [-0.2, 0) is 0 Å². The minimum atomic E-state index is 0.513. The van der Waals surface area contributed by atoms with E-state index in [0.29, 0.717) is 5.69 Å². The van der Waals surface area contributed by atoms with Crippen LogP contribution in [-0.4, -0.2) is 14.6 Å². The Hall–Kier alpha value is -2.19. The van der Waals surface area contributed by atoms with Crippen molar-refractivity contribution >= 4 is 16.3 Å². The van der Waals surface area contributed by atoms with Crippen molar-refractivity contribution in [3.8, 4) is 17.3 Å². The van der Waals surface area contributed by atoms with E-state index in [9.17, 15) is 5.26 Å². The third kappa shape index (κ3) is 1.81. The number of nitriles is 1. The molecule has 100 valence electrons. The van der Waals surface area contributed by atoms with Gasteiger partial charge in [0.2, 0.25) is 4.96 Å². The quantitative estimate of drug-likeness (QED) is 0.685. The zero-order chi connectivity index (χ0) is 14.4. The first-order valence-corrected chi connectivity index (χ1v) is 7.17.